The number of benzene rings is 1. The molecule has 108 valence electrons. The van der Waals surface area contributed by atoms with Crippen molar-refractivity contribution < 1.29 is 0 Å². The average Bonchev–Trinajstić information content (AvgIpc) is 2.36. The van der Waals surface area contributed by atoms with Crippen LogP contribution in [0.5, 0.6) is 0 Å². The Morgan fingerprint density at radius 2 is 1.95 bits per heavy atom. The Bertz CT molecular complexity index is 372. The second-order valence-corrected chi connectivity index (χ2v) is 5.66. The molecule has 0 bridgehead atoms. The van der Waals surface area contributed by atoms with Crippen LogP contribution in [0.15, 0.2) is 18.2 Å². The molecule has 0 heterocycles. The molecule has 1 aromatic carbocycles. The molecule has 0 atom stereocenters. The van der Waals surface area contributed by atoms with Gasteiger partial charge in [-0.3, -0.25) is 0 Å². The molecule has 0 aromatic heterocycles. The molecule has 0 saturated carbocycles. The third-order valence-electron chi connectivity index (χ3n) is 3.54. The number of aryl methyl sites for hydroxylation is 1. The third kappa shape index (κ3) is 4.87. The molecule has 0 aliphatic carbocycles. The maximum atomic E-state index is 3.29. The molecule has 2 nitrogen and oxygen atoms in total. The highest BCUT2D eigenvalue weighted by molar-refractivity contribution is 5.55. The van der Waals surface area contributed by atoms with Crippen LogP contribution in [-0.2, 0) is 6.54 Å². The summed E-state index contributed by atoms with van der Waals surface area (Å²) in [6.45, 7) is 11.1. The molecule has 1 aromatic rings. The SMILES string of the molecule is CCCCCN(c1ccc(C)cc1CNC)C(C)C. The number of nitrogens with zero attached hydrogens (tertiary/aromatic N) is 1. The van der Waals surface area contributed by atoms with Crippen molar-refractivity contribution in [2.24, 2.45) is 0 Å². The van der Waals surface area contributed by atoms with E-state index in [-0.39, 0.29) is 0 Å². The highest BCUT2D eigenvalue weighted by Gasteiger charge is 2.13. The van der Waals surface area contributed by atoms with Crippen LogP contribution in [0.25, 0.3) is 0 Å². The van der Waals surface area contributed by atoms with E-state index in [4.69, 9.17) is 0 Å². The normalized spacial score (nSPS) is 11.1. The largest absolute Gasteiger partial charge is 0.369 e. The van der Waals surface area contributed by atoms with E-state index in [1.165, 1.54) is 36.1 Å². The zero-order valence-electron chi connectivity index (χ0n) is 13.3. The van der Waals surface area contributed by atoms with Gasteiger partial charge in [0.25, 0.3) is 0 Å². The number of hydrogen-bond donors (Lipinski definition) is 1. The van der Waals surface area contributed by atoms with Crippen LogP contribution in [0.4, 0.5) is 5.69 Å². The lowest BCUT2D eigenvalue weighted by Gasteiger charge is -2.31. The summed E-state index contributed by atoms with van der Waals surface area (Å²) >= 11 is 0. The first kappa shape index (κ1) is 16.0. The van der Waals surface area contributed by atoms with Crippen molar-refractivity contribution in [3.63, 3.8) is 0 Å². The van der Waals surface area contributed by atoms with E-state index in [1.54, 1.807) is 0 Å². The zero-order valence-corrected chi connectivity index (χ0v) is 13.3. The number of anilines is 1. The van der Waals surface area contributed by atoms with E-state index in [2.05, 4.69) is 56.1 Å². The Kier molecular flexibility index (Phi) is 6.93. The summed E-state index contributed by atoms with van der Waals surface area (Å²) < 4.78 is 0. The third-order valence-corrected chi connectivity index (χ3v) is 3.54. The van der Waals surface area contributed by atoms with Gasteiger partial charge < -0.3 is 10.2 Å². The van der Waals surface area contributed by atoms with Crippen LogP contribution >= 0.6 is 0 Å². The number of rotatable bonds is 8. The molecule has 19 heavy (non-hydrogen) atoms. The Balaban J connectivity index is 2.93. The lowest BCUT2D eigenvalue weighted by molar-refractivity contribution is 0.622. The summed E-state index contributed by atoms with van der Waals surface area (Å²) in [6.07, 6.45) is 3.88. The second kappa shape index (κ2) is 8.21. The molecule has 1 rings (SSSR count). The van der Waals surface area contributed by atoms with Crippen molar-refractivity contribution in [3.8, 4) is 0 Å². The topological polar surface area (TPSA) is 15.3 Å². The van der Waals surface area contributed by atoms with Crippen LogP contribution in [0.3, 0.4) is 0 Å². The summed E-state index contributed by atoms with van der Waals surface area (Å²) in [5, 5.41) is 3.29. The van der Waals surface area contributed by atoms with Crippen molar-refractivity contribution in [2.45, 2.75) is 59.5 Å². The smallest absolute Gasteiger partial charge is 0.0414 e. The van der Waals surface area contributed by atoms with Gasteiger partial charge in [0.1, 0.15) is 0 Å². The van der Waals surface area contributed by atoms with Crippen LogP contribution in [0, 0.1) is 6.92 Å². The van der Waals surface area contributed by atoms with Crippen LogP contribution < -0.4 is 10.2 Å². The molecule has 0 amide bonds. The van der Waals surface area contributed by atoms with Gasteiger partial charge in [0.2, 0.25) is 0 Å². The van der Waals surface area contributed by atoms with Gasteiger partial charge in [-0.1, -0.05) is 37.5 Å². The molecule has 0 aliphatic rings. The minimum absolute atomic E-state index is 0.551. The predicted molar refractivity (Wildman–Crippen MR) is 85.9 cm³/mol. The molecule has 0 fully saturated rings. The monoisotopic (exact) mass is 262 g/mol. The fraction of sp³-hybridized carbons (Fsp3) is 0.647. The van der Waals surface area contributed by atoms with E-state index < -0.39 is 0 Å². The molecule has 2 heteroatoms. The van der Waals surface area contributed by atoms with Gasteiger partial charge in [0, 0.05) is 24.8 Å². The minimum atomic E-state index is 0.551. The van der Waals surface area contributed by atoms with Gasteiger partial charge in [0.15, 0.2) is 0 Å². The van der Waals surface area contributed by atoms with E-state index >= 15 is 0 Å². The Hall–Kier alpha value is -1.02. The predicted octanol–water partition coefficient (Wildman–Crippen LogP) is 4.12. The number of hydrogen-bond acceptors (Lipinski definition) is 2. The Morgan fingerprint density at radius 1 is 1.21 bits per heavy atom. The van der Waals surface area contributed by atoms with Crippen molar-refractivity contribution in [1.29, 1.82) is 0 Å². The summed E-state index contributed by atoms with van der Waals surface area (Å²) in [4.78, 5) is 2.54. The number of nitrogens with one attached hydrogen (secondary N) is 1. The lowest BCUT2D eigenvalue weighted by atomic mass is 10.1. The first-order chi connectivity index (χ1) is 9.10. The highest BCUT2D eigenvalue weighted by Crippen LogP contribution is 2.24. The molecule has 1 N–H and O–H groups in total. The van der Waals surface area contributed by atoms with E-state index in [9.17, 15) is 0 Å². The maximum absolute atomic E-state index is 3.29. The molecule has 0 unspecified atom stereocenters. The molecular formula is C17H30N2. The number of unbranched alkanes of at least 4 members (excludes halogenated alkanes) is 2. The van der Waals surface area contributed by atoms with E-state index in [1.807, 2.05) is 7.05 Å². The van der Waals surface area contributed by atoms with Crippen molar-refractivity contribution in [3.05, 3.63) is 29.3 Å². The first-order valence-corrected chi connectivity index (χ1v) is 7.60. The van der Waals surface area contributed by atoms with Crippen LogP contribution in [-0.4, -0.2) is 19.6 Å². The zero-order chi connectivity index (χ0) is 14.3. The Morgan fingerprint density at radius 3 is 2.53 bits per heavy atom. The van der Waals surface area contributed by atoms with Crippen molar-refractivity contribution >= 4 is 5.69 Å². The summed E-state index contributed by atoms with van der Waals surface area (Å²) in [6, 6.07) is 7.37. The first-order valence-electron chi connectivity index (χ1n) is 7.60. The van der Waals surface area contributed by atoms with Gasteiger partial charge in [-0.15, -0.1) is 0 Å². The molecule has 0 saturated heterocycles. The van der Waals surface area contributed by atoms with Crippen molar-refractivity contribution in [2.75, 3.05) is 18.5 Å². The Labute approximate surface area is 119 Å². The fourth-order valence-electron chi connectivity index (χ4n) is 2.52. The van der Waals surface area contributed by atoms with Crippen molar-refractivity contribution in [1.82, 2.24) is 5.32 Å². The van der Waals surface area contributed by atoms with Crippen LogP contribution in [0.1, 0.15) is 51.2 Å². The summed E-state index contributed by atoms with van der Waals surface area (Å²) in [7, 11) is 2.02. The van der Waals surface area contributed by atoms with Gasteiger partial charge in [-0.25, -0.2) is 0 Å². The minimum Gasteiger partial charge on any atom is -0.369 e. The molecule has 0 radical (unpaired) electrons. The molecule has 0 aliphatic heterocycles. The fourth-order valence-corrected chi connectivity index (χ4v) is 2.52. The summed E-state index contributed by atoms with van der Waals surface area (Å²) in [5.74, 6) is 0. The average molecular weight is 262 g/mol. The van der Waals surface area contributed by atoms with Crippen LogP contribution in [0.2, 0.25) is 0 Å². The van der Waals surface area contributed by atoms with Gasteiger partial charge in [-0.2, -0.15) is 0 Å². The molecule has 0 spiro atoms. The van der Waals surface area contributed by atoms with Gasteiger partial charge in [-0.05, 0) is 45.9 Å². The quantitative estimate of drug-likeness (QED) is 0.709. The second-order valence-electron chi connectivity index (χ2n) is 5.66. The maximum Gasteiger partial charge on any atom is 0.0414 e. The van der Waals surface area contributed by atoms with Gasteiger partial charge >= 0.3 is 0 Å². The lowest BCUT2D eigenvalue weighted by Crippen LogP contribution is -2.33. The summed E-state index contributed by atoms with van der Waals surface area (Å²) in [5.41, 5.74) is 4.14. The highest BCUT2D eigenvalue weighted by atomic mass is 15.2. The standard InChI is InChI=1S/C17H30N2/c1-6-7-8-11-19(14(2)3)17-10-9-15(4)12-16(17)13-18-5/h9-10,12,14,18H,6-8,11,13H2,1-5H3. The molecular weight excluding hydrogens is 232 g/mol. The van der Waals surface area contributed by atoms with Gasteiger partial charge in [0.05, 0.1) is 0 Å². The van der Waals surface area contributed by atoms with E-state index in [0.29, 0.717) is 6.04 Å². The van der Waals surface area contributed by atoms with E-state index in [0.717, 1.165) is 13.1 Å².